The summed E-state index contributed by atoms with van der Waals surface area (Å²) in [6, 6.07) is 7.20. The highest BCUT2D eigenvalue weighted by Gasteiger charge is 2.28. The Morgan fingerprint density at radius 2 is 2.00 bits per heavy atom. The topological polar surface area (TPSA) is 29.3 Å². The Balaban J connectivity index is 1.79. The molecular formula is C17H26N2. The molecule has 0 amide bonds. The highest BCUT2D eigenvalue weighted by Crippen LogP contribution is 2.37. The minimum Gasteiger partial charge on any atom is -0.398 e. The maximum atomic E-state index is 6.15. The Bertz CT molecular complexity index is 433. The zero-order chi connectivity index (χ0) is 13.2. The molecule has 1 fully saturated rings. The molecule has 19 heavy (non-hydrogen) atoms. The first-order chi connectivity index (χ1) is 9.29. The Hall–Kier alpha value is -1.18. The summed E-state index contributed by atoms with van der Waals surface area (Å²) >= 11 is 0. The van der Waals surface area contributed by atoms with E-state index in [2.05, 4.69) is 30.0 Å². The number of nitrogen functional groups attached to an aromatic ring is 1. The monoisotopic (exact) mass is 258 g/mol. The van der Waals surface area contributed by atoms with Crippen LogP contribution in [0.4, 0.5) is 11.4 Å². The fourth-order valence-corrected chi connectivity index (χ4v) is 3.92. The lowest BCUT2D eigenvalue weighted by molar-refractivity contribution is 0.306. The summed E-state index contributed by atoms with van der Waals surface area (Å²) in [6.45, 7) is 3.56. The summed E-state index contributed by atoms with van der Waals surface area (Å²) in [6.07, 6.45) is 9.33. The van der Waals surface area contributed by atoms with E-state index in [1.165, 1.54) is 56.3 Å². The normalized spacial score (nSPS) is 27.1. The average molecular weight is 258 g/mol. The van der Waals surface area contributed by atoms with E-state index in [0.717, 1.165) is 24.1 Å². The van der Waals surface area contributed by atoms with Crippen molar-refractivity contribution in [3.63, 3.8) is 0 Å². The molecule has 1 aliphatic heterocycles. The fourth-order valence-electron chi connectivity index (χ4n) is 3.92. The van der Waals surface area contributed by atoms with Crippen molar-refractivity contribution in [2.75, 3.05) is 17.2 Å². The average Bonchev–Trinajstić information content (AvgIpc) is 2.47. The molecule has 1 saturated carbocycles. The van der Waals surface area contributed by atoms with Crippen molar-refractivity contribution in [3.05, 3.63) is 23.8 Å². The van der Waals surface area contributed by atoms with E-state index in [4.69, 9.17) is 5.73 Å². The molecule has 0 aromatic heterocycles. The van der Waals surface area contributed by atoms with Gasteiger partial charge in [0.1, 0.15) is 0 Å². The van der Waals surface area contributed by atoms with E-state index in [1.54, 1.807) is 0 Å². The van der Waals surface area contributed by atoms with Crippen molar-refractivity contribution in [2.45, 2.75) is 57.9 Å². The van der Waals surface area contributed by atoms with Crippen molar-refractivity contribution in [2.24, 2.45) is 5.92 Å². The summed E-state index contributed by atoms with van der Waals surface area (Å²) in [4.78, 5) is 2.65. The zero-order valence-electron chi connectivity index (χ0n) is 12.1. The predicted octanol–water partition coefficient (Wildman–Crippen LogP) is 3.99. The molecule has 3 rings (SSSR count). The molecule has 0 spiro atoms. The number of hydrogen-bond donors (Lipinski definition) is 1. The van der Waals surface area contributed by atoms with Gasteiger partial charge in [-0.25, -0.2) is 0 Å². The second-order valence-electron chi connectivity index (χ2n) is 6.22. The van der Waals surface area contributed by atoms with Crippen LogP contribution in [0, 0.1) is 5.92 Å². The van der Waals surface area contributed by atoms with Gasteiger partial charge in [-0.1, -0.05) is 19.4 Å². The lowest BCUT2D eigenvalue weighted by atomic mass is 9.83. The van der Waals surface area contributed by atoms with Crippen LogP contribution in [0.5, 0.6) is 0 Å². The van der Waals surface area contributed by atoms with Crippen LogP contribution >= 0.6 is 0 Å². The van der Waals surface area contributed by atoms with Gasteiger partial charge in [0.05, 0.1) is 0 Å². The number of hydrogen-bond acceptors (Lipinski definition) is 2. The van der Waals surface area contributed by atoms with Gasteiger partial charge in [-0.2, -0.15) is 0 Å². The molecule has 1 aromatic rings. The minimum atomic E-state index is 0.753. The summed E-state index contributed by atoms with van der Waals surface area (Å²) in [5, 5.41) is 0. The van der Waals surface area contributed by atoms with Gasteiger partial charge in [0.2, 0.25) is 0 Å². The number of anilines is 2. The van der Waals surface area contributed by atoms with E-state index in [9.17, 15) is 0 Å². The van der Waals surface area contributed by atoms with Gasteiger partial charge in [-0.3, -0.25) is 0 Å². The van der Waals surface area contributed by atoms with Gasteiger partial charge in [0.15, 0.2) is 0 Å². The van der Waals surface area contributed by atoms with E-state index in [1.807, 2.05) is 0 Å². The van der Waals surface area contributed by atoms with Gasteiger partial charge in [-0.15, -0.1) is 0 Å². The molecule has 2 nitrogen and oxygen atoms in total. The smallest absolute Gasteiger partial charge is 0.0421 e. The van der Waals surface area contributed by atoms with Gasteiger partial charge >= 0.3 is 0 Å². The second kappa shape index (κ2) is 5.44. The van der Waals surface area contributed by atoms with E-state index in [-0.39, 0.29) is 0 Å². The maximum absolute atomic E-state index is 6.15. The van der Waals surface area contributed by atoms with Crippen LogP contribution in [0.15, 0.2) is 18.2 Å². The molecule has 0 radical (unpaired) electrons. The maximum Gasteiger partial charge on any atom is 0.0421 e. The fraction of sp³-hybridized carbons (Fsp3) is 0.647. The Kier molecular flexibility index (Phi) is 3.67. The zero-order valence-corrected chi connectivity index (χ0v) is 12.1. The molecule has 1 heterocycles. The highest BCUT2D eigenvalue weighted by atomic mass is 15.2. The van der Waals surface area contributed by atoms with Crippen molar-refractivity contribution in [1.82, 2.24) is 0 Å². The molecule has 2 N–H and O–H groups in total. The SMILES string of the molecule is CCC1CCC(N2CCCc3c(N)cccc32)CC1. The van der Waals surface area contributed by atoms with E-state index >= 15 is 0 Å². The van der Waals surface area contributed by atoms with Crippen molar-refractivity contribution in [3.8, 4) is 0 Å². The first-order valence-electron chi connectivity index (χ1n) is 7.93. The third-order valence-corrected chi connectivity index (χ3v) is 5.16. The molecule has 1 aromatic carbocycles. The summed E-state index contributed by atoms with van der Waals surface area (Å²) in [5.41, 5.74) is 9.96. The van der Waals surface area contributed by atoms with Crippen molar-refractivity contribution < 1.29 is 0 Å². The second-order valence-corrected chi connectivity index (χ2v) is 6.22. The van der Waals surface area contributed by atoms with Crippen LogP contribution < -0.4 is 10.6 Å². The van der Waals surface area contributed by atoms with Crippen LogP contribution in [0.2, 0.25) is 0 Å². The molecule has 2 heteroatoms. The number of nitrogens with zero attached hydrogens (tertiary/aromatic N) is 1. The first-order valence-corrected chi connectivity index (χ1v) is 7.93. The van der Waals surface area contributed by atoms with Gasteiger partial charge in [0, 0.05) is 24.0 Å². The molecule has 0 saturated heterocycles. The number of nitrogens with two attached hydrogens (primary N) is 1. The van der Waals surface area contributed by atoms with Gasteiger partial charge in [0.25, 0.3) is 0 Å². The van der Waals surface area contributed by atoms with Crippen LogP contribution in [-0.2, 0) is 6.42 Å². The highest BCUT2D eigenvalue weighted by molar-refractivity contribution is 5.66. The predicted molar refractivity (Wildman–Crippen MR) is 82.6 cm³/mol. The third kappa shape index (κ3) is 2.45. The number of rotatable bonds is 2. The molecule has 1 aliphatic carbocycles. The third-order valence-electron chi connectivity index (χ3n) is 5.16. The van der Waals surface area contributed by atoms with E-state index < -0.39 is 0 Å². The van der Waals surface area contributed by atoms with Gasteiger partial charge < -0.3 is 10.6 Å². The van der Waals surface area contributed by atoms with Crippen LogP contribution in [0.1, 0.15) is 51.0 Å². The van der Waals surface area contributed by atoms with Crippen molar-refractivity contribution >= 4 is 11.4 Å². The lowest BCUT2D eigenvalue weighted by Gasteiger charge is -2.41. The van der Waals surface area contributed by atoms with Crippen LogP contribution in [0.3, 0.4) is 0 Å². The molecule has 104 valence electrons. The molecule has 0 atom stereocenters. The number of benzene rings is 1. The summed E-state index contributed by atoms with van der Waals surface area (Å²) in [5.74, 6) is 0.973. The quantitative estimate of drug-likeness (QED) is 0.813. The van der Waals surface area contributed by atoms with Crippen molar-refractivity contribution in [1.29, 1.82) is 0 Å². The Labute approximate surface area is 117 Å². The lowest BCUT2D eigenvalue weighted by Crippen LogP contribution is -2.41. The minimum absolute atomic E-state index is 0.753. The first kappa shape index (κ1) is 12.8. The Morgan fingerprint density at radius 3 is 2.74 bits per heavy atom. The largest absolute Gasteiger partial charge is 0.398 e. The summed E-state index contributed by atoms with van der Waals surface area (Å²) in [7, 11) is 0. The van der Waals surface area contributed by atoms with Gasteiger partial charge in [-0.05, 0) is 62.1 Å². The summed E-state index contributed by atoms with van der Waals surface area (Å²) < 4.78 is 0. The molecule has 2 aliphatic rings. The van der Waals surface area contributed by atoms with E-state index in [0.29, 0.717) is 0 Å². The number of fused-ring (bicyclic) bond motifs is 1. The standard InChI is InChI=1S/C17H26N2/c1-2-13-8-10-14(11-9-13)19-12-4-5-15-16(18)6-3-7-17(15)19/h3,6-7,13-14H,2,4-5,8-12,18H2,1H3. The van der Waals surface area contributed by atoms with Crippen LogP contribution in [0.25, 0.3) is 0 Å². The molecule has 0 unspecified atom stereocenters. The molecule has 0 bridgehead atoms. The van der Waals surface area contributed by atoms with Crippen LogP contribution in [-0.4, -0.2) is 12.6 Å². The molecular weight excluding hydrogens is 232 g/mol. The Morgan fingerprint density at radius 1 is 1.21 bits per heavy atom.